The van der Waals surface area contributed by atoms with Crippen molar-refractivity contribution < 1.29 is 18.9 Å². The third-order valence-electron chi connectivity index (χ3n) is 9.11. The first-order chi connectivity index (χ1) is 23.7. The lowest BCUT2D eigenvalue weighted by atomic mass is 9.91. The number of ether oxygens (including phenoxy) is 4. The van der Waals surface area contributed by atoms with Gasteiger partial charge in [0, 0.05) is 13.1 Å². The number of hydrogen-bond donors (Lipinski definition) is 0. The van der Waals surface area contributed by atoms with Crippen LogP contribution >= 0.6 is 0 Å². The first-order valence-corrected chi connectivity index (χ1v) is 17.1. The molecule has 0 amide bonds. The van der Waals surface area contributed by atoms with Crippen molar-refractivity contribution >= 4 is 0 Å². The molecule has 5 atom stereocenters. The highest BCUT2D eigenvalue weighted by Crippen LogP contribution is 2.31. The maximum atomic E-state index is 6.96. The molecule has 5 nitrogen and oxygen atoms in total. The van der Waals surface area contributed by atoms with Crippen molar-refractivity contribution in [1.82, 2.24) is 4.90 Å². The van der Waals surface area contributed by atoms with Crippen molar-refractivity contribution in [3.8, 4) is 0 Å². The third-order valence-corrected chi connectivity index (χ3v) is 9.11. The quantitative estimate of drug-likeness (QED) is 0.108. The highest BCUT2D eigenvalue weighted by Gasteiger charge is 2.46. The summed E-state index contributed by atoms with van der Waals surface area (Å²) in [5.74, 6) is 0.300. The van der Waals surface area contributed by atoms with Crippen molar-refractivity contribution in [3.63, 3.8) is 0 Å². The Bertz CT molecular complexity index is 1590. The van der Waals surface area contributed by atoms with Gasteiger partial charge in [0.25, 0.3) is 0 Å². The molecule has 1 heterocycles. The van der Waals surface area contributed by atoms with Gasteiger partial charge in [-0.1, -0.05) is 159 Å². The lowest BCUT2D eigenvalue weighted by Crippen LogP contribution is -2.65. The maximum Gasteiger partial charge on any atom is 0.113 e. The van der Waals surface area contributed by atoms with Crippen LogP contribution in [0.1, 0.15) is 40.7 Å². The minimum atomic E-state index is -0.314. The predicted octanol–water partition coefficient (Wildman–Crippen LogP) is 8.45. The Morgan fingerprint density at radius 1 is 0.521 bits per heavy atom. The Labute approximate surface area is 286 Å². The predicted molar refractivity (Wildman–Crippen MR) is 191 cm³/mol. The standard InChI is InChI=1S/C43H47NO4/c1-34(39-25-15-6-16-26-39)27-44-28-41(46-30-36-19-9-3-10-20-36)43(48-32-38-23-13-5-14-24-38)42(47-31-37-21-11-4-12-22-37)40(44)33-45-29-35-17-7-2-8-18-35/h2-26,34,40-43H,27-33H2,1H3/t34-,40+,41+,42-,43-/m1/s1. The van der Waals surface area contributed by atoms with Crippen LogP contribution in [0.25, 0.3) is 0 Å². The van der Waals surface area contributed by atoms with Crippen LogP contribution in [0.15, 0.2) is 152 Å². The summed E-state index contributed by atoms with van der Waals surface area (Å²) in [5.41, 5.74) is 5.85. The van der Waals surface area contributed by atoms with Crippen LogP contribution in [-0.2, 0) is 45.4 Å². The average molecular weight is 642 g/mol. The lowest BCUT2D eigenvalue weighted by Gasteiger charge is -2.49. The minimum Gasteiger partial charge on any atom is -0.375 e. The molecule has 1 saturated heterocycles. The van der Waals surface area contributed by atoms with Crippen molar-refractivity contribution in [1.29, 1.82) is 0 Å². The van der Waals surface area contributed by atoms with E-state index in [1.165, 1.54) is 5.56 Å². The van der Waals surface area contributed by atoms with Crippen LogP contribution in [0.5, 0.6) is 0 Å². The molecule has 248 valence electrons. The van der Waals surface area contributed by atoms with Gasteiger partial charge in [0.05, 0.1) is 45.2 Å². The van der Waals surface area contributed by atoms with Gasteiger partial charge in [0.2, 0.25) is 0 Å². The molecule has 5 aromatic carbocycles. The van der Waals surface area contributed by atoms with E-state index in [1.807, 2.05) is 24.3 Å². The summed E-state index contributed by atoms with van der Waals surface area (Å²) >= 11 is 0. The van der Waals surface area contributed by atoms with Gasteiger partial charge >= 0.3 is 0 Å². The summed E-state index contributed by atoms with van der Waals surface area (Å²) in [6.45, 7) is 6.33. The van der Waals surface area contributed by atoms with E-state index in [4.69, 9.17) is 18.9 Å². The highest BCUT2D eigenvalue weighted by molar-refractivity contribution is 5.20. The SMILES string of the molecule is C[C@H](CN1C[C@H](OCc2ccccc2)[C@@H](OCc2ccccc2)[C@H](OCc2ccccc2)[C@@H]1COCc1ccccc1)c1ccccc1. The van der Waals surface area contributed by atoms with Gasteiger partial charge in [-0.15, -0.1) is 0 Å². The van der Waals surface area contributed by atoms with Crippen LogP contribution in [-0.4, -0.2) is 49.0 Å². The summed E-state index contributed by atoms with van der Waals surface area (Å²) in [4.78, 5) is 2.52. The number of hydrogen-bond acceptors (Lipinski definition) is 5. The molecule has 0 bridgehead atoms. The zero-order valence-corrected chi connectivity index (χ0v) is 27.9. The fourth-order valence-corrected chi connectivity index (χ4v) is 6.50. The minimum absolute atomic E-state index is 0.0547. The molecular weight excluding hydrogens is 594 g/mol. The lowest BCUT2D eigenvalue weighted by molar-refractivity contribution is -0.211. The van der Waals surface area contributed by atoms with Gasteiger partial charge in [-0.2, -0.15) is 0 Å². The van der Waals surface area contributed by atoms with Crippen LogP contribution in [0.3, 0.4) is 0 Å². The molecule has 0 N–H and O–H groups in total. The van der Waals surface area contributed by atoms with Crippen LogP contribution in [0.4, 0.5) is 0 Å². The molecule has 0 unspecified atom stereocenters. The van der Waals surface area contributed by atoms with Crippen LogP contribution in [0.2, 0.25) is 0 Å². The number of piperidine rings is 1. The maximum absolute atomic E-state index is 6.96. The molecule has 6 rings (SSSR count). The molecule has 1 aliphatic heterocycles. The molecule has 1 fully saturated rings. The van der Waals surface area contributed by atoms with E-state index in [0.29, 0.717) is 45.5 Å². The molecule has 5 aromatic rings. The van der Waals surface area contributed by atoms with E-state index >= 15 is 0 Å². The van der Waals surface area contributed by atoms with E-state index in [-0.39, 0.29) is 24.4 Å². The molecule has 0 radical (unpaired) electrons. The van der Waals surface area contributed by atoms with Gasteiger partial charge in [-0.05, 0) is 33.7 Å². The van der Waals surface area contributed by atoms with Gasteiger partial charge in [-0.25, -0.2) is 0 Å². The number of likely N-dealkylation sites (tertiary alicyclic amines) is 1. The fraction of sp³-hybridized carbons (Fsp3) is 0.302. The Hall–Kier alpha value is -4.10. The smallest absolute Gasteiger partial charge is 0.113 e. The zero-order valence-electron chi connectivity index (χ0n) is 27.9. The molecule has 0 aliphatic carbocycles. The summed E-state index contributed by atoms with van der Waals surface area (Å²) in [5, 5.41) is 0. The van der Waals surface area contributed by atoms with Crippen LogP contribution in [0, 0.1) is 0 Å². The van der Waals surface area contributed by atoms with Crippen LogP contribution < -0.4 is 0 Å². The Morgan fingerprint density at radius 2 is 0.938 bits per heavy atom. The number of nitrogens with zero attached hydrogens (tertiary/aromatic N) is 1. The van der Waals surface area contributed by atoms with Gasteiger partial charge in [0.15, 0.2) is 0 Å². The summed E-state index contributed by atoms with van der Waals surface area (Å²) in [6.07, 6.45) is -0.837. The summed E-state index contributed by atoms with van der Waals surface area (Å²) < 4.78 is 27.2. The van der Waals surface area contributed by atoms with Crippen molar-refractivity contribution in [2.75, 3.05) is 19.7 Å². The van der Waals surface area contributed by atoms with E-state index in [1.54, 1.807) is 0 Å². The van der Waals surface area contributed by atoms with Gasteiger partial charge < -0.3 is 18.9 Å². The topological polar surface area (TPSA) is 40.2 Å². The third kappa shape index (κ3) is 9.72. The van der Waals surface area contributed by atoms with Crippen molar-refractivity contribution in [3.05, 3.63) is 179 Å². The van der Waals surface area contributed by atoms with E-state index in [0.717, 1.165) is 28.8 Å². The molecular formula is C43H47NO4. The molecule has 0 spiro atoms. The van der Waals surface area contributed by atoms with E-state index in [9.17, 15) is 0 Å². The highest BCUT2D eigenvalue weighted by atomic mass is 16.6. The Balaban J connectivity index is 1.31. The van der Waals surface area contributed by atoms with Gasteiger partial charge in [-0.3, -0.25) is 4.90 Å². The van der Waals surface area contributed by atoms with E-state index < -0.39 is 0 Å². The monoisotopic (exact) mass is 641 g/mol. The molecule has 48 heavy (non-hydrogen) atoms. The molecule has 0 saturated carbocycles. The van der Waals surface area contributed by atoms with Crippen molar-refractivity contribution in [2.45, 2.75) is 63.6 Å². The normalized spacial score (nSPS) is 20.4. The van der Waals surface area contributed by atoms with E-state index in [2.05, 4.69) is 139 Å². The second-order valence-electron chi connectivity index (χ2n) is 12.7. The number of rotatable bonds is 16. The molecule has 5 heteroatoms. The summed E-state index contributed by atoms with van der Waals surface area (Å²) in [7, 11) is 0. The Kier molecular flexibility index (Phi) is 12.6. The first-order valence-electron chi connectivity index (χ1n) is 17.1. The number of benzene rings is 5. The van der Waals surface area contributed by atoms with Crippen molar-refractivity contribution in [2.24, 2.45) is 0 Å². The largest absolute Gasteiger partial charge is 0.375 e. The Morgan fingerprint density at radius 3 is 1.44 bits per heavy atom. The zero-order chi connectivity index (χ0) is 32.8. The molecule has 1 aliphatic rings. The summed E-state index contributed by atoms with van der Waals surface area (Å²) in [6, 6.07) is 52.2. The first kappa shape index (κ1) is 33.8. The molecule has 0 aromatic heterocycles. The van der Waals surface area contributed by atoms with Gasteiger partial charge in [0.1, 0.15) is 12.2 Å². The second-order valence-corrected chi connectivity index (χ2v) is 12.7. The average Bonchev–Trinajstić information content (AvgIpc) is 3.15. The fourth-order valence-electron chi connectivity index (χ4n) is 6.50. The second kappa shape index (κ2) is 17.9.